The van der Waals surface area contributed by atoms with E-state index in [2.05, 4.69) is 4.98 Å². The molecule has 0 spiro atoms. The molecule has 0 saturated carbocycles. The molecule has 0 aliphatic carbocycles. The lowest BCUT2D eigenvalue weighted by Crippen LogP contribution is -2.14. The summed E-state index contributed by atoms with van der Waals surface area (Å²) in [5, 5.41) is 8.56. The van der Waals surface area contributed by atoms with Crippen molar-refractivity contribution in [3.63, 3.8) is 0 Å². The maximum Gasteiger partial charge on any atom is 0.490 e. The summed E-state index contributed by atoms with van der Waals surface area (Å²) in [6, 6.07) is 5.71. The lowest BCUT2D eigenvalue weighted by atomic mass is 10.2. The van der Waals surface area contributed by atoms with Crippen LogP contribution < -0.4 is 0 Å². The molecule has 0 bridgehead atoms. The molecule has 2 aromatic rings. The topological polar surface area (TPSA) is 41.6 Å². The summed E-state index contributed by atoms with van der Waals surface area (Å²) in [6.45, 7) is 0. The highest BCUT2D eigenvalue weighted by Gasteiger charge is 2.31. The van der Waals surface area contributed by atoms with Gasteiger partial charge in [0.05, 0.1) is 22.7 Å². The summed E-state index contributed by atoms with van der Waals surface area (Å²) < 4.78 is 37.3. The number of hydrogen-bond donors (Lipinski definition) is 0. The molecule has 1 aromatic heterocycles. The van der Waals surface area contributed by atoms with Crippen LogP contribution in [-0.4, -0.2) is 9.55 Å². The standard InChI is InChI=1S/C9H4F3N3/c10-9(11,12)15-5-14-7-3-6(4-13)1-2-8(7)15/h1-3,5H. The molecule has 0 radical (unpaired) electrons. The maximum absolute atomic E-state index is 12.4. The first-order valence-corrected chi connectivity index (χ1v) is 3.97. The summed E-state index contributed by atoms with van der Waals surface area (Å²) in [6.07, 6.45) is -3.78. The predicted molar refractivity (Wildman–Crippen MR) is 45.7 cm³/mol. The summed E-state index contributed by atoms with van der Waals surface area (Å²) in [5.41, 5.74) is 0.391. The molecule has 2 rings (SSSR count). The smallest absolute Gasteiger partial charge is 0.241 e. The highest BCUT2D eigenvalue weighted by Crippen LogP contribution is 2.27. The van der Waals surface area contributed by atoms with E-state index in [-0.39, 0.29) is 21.2 Å². The average molecular weight is 211 g/mol. The first-order chi connectivity index (χ1) is 7.02. The van der Waals surface area contributed by atoms with Crippen LogP contribution in [0.5, 0.6) is 0 Å². The molecule has 0 aliphatic heterocycles. The monoisotopic (exact) mass is 211 g/mol. The van der Waals surface area contributed by atoms with Gasteiger partial charge < -0.3 is 0 Å². The van der Waals surface area contributed by atoms with Gasteiger partial charge >= 0.3 is 6.30 Å². The highest BCUT2D eigenvalue weighted by molar-refractivity contribution is 5.77. The molecule has 0 atom stereocenters. The van der Waals surface area contributed by atoms with Gasteiger partial charge in [-0.25, -0.2) is 9.55 Å². The van der Waals surface area contributed by atoms with Gasteiger partial charge in [-0.15, -0.1) is 13.2 Å². The Hall–Kier alpha value is -2.03. The lowest BCUT2D eigenvalue weighted by Gasteiger charge is -2.07. The van der Waals surface area contributed by atoms with E-state index in [9.17, 15) is 13.2 Å². The second-order valence-electron chi connectivity index (χ2n) is 2.90. The Labute approximate surface area is 82.4 Å². The molecular weight excluding hydrogens is 207 g/mol. The Morgan fingerprint density at radius 1 is 1.33 bits per heavy atom. The molecule has 3 nitrogen and oxygen atoms in total. The number of benzene rings is 1. The van der Waals surface area contributed by atoms with E-state index in [1.807, 2.05) is 6.07 Å². The van der Waals surface area contributed by atoms with Crippen LogP contribution in [0.2, 0.25) is 0 Å². The fourth-order valence-electron chi connectivity index (χ4n) is 1.28. The van der Waals surface area contributed by atoms with Crippen molar-refractivity contribution in [3.05, 3.63) is 30.1 Å². The zero-order chi connectivity index (χ0) is 11.1. The molecule has 0 N–H and O–H groups in total. The van der Waals surface area contributed by atoms with Gasteiger partial charge in [0.1, 0.15) is 6.33 Å². The molecular formula is C9H4F3N3. The molecule has 0 fully saturated rings. The molecule has 0 aliphatic rings. The zero-order valence-corrected chi connectivity index (χ0v) is 7.28. The second kappa shape index (κ2) is 2.98. The van der Waals surface area contributed by atoms with Crippen LogP contribution in [0.3, 0.4) is 0 Å². The SMILES string of the molecule is N#Cc1ccc2c(c1)ncn2C(F)(F)F. The molecule has 1 heterocycles. The van der Waals surface area contributed by atoms with Gasteiger partial charge in [-0.05, 0) is 18.2 Å². The van der Waals surface area contributed by atoms with E-state index < -0.39 is 6.30 Å². The number of aromatic nitrogens is 2. The lowest BCUT2D eigenvalue weighted by molar-refractivity contribution is -0.201. The van der Waals surface area contributed by atoms with Crippen LogP contribution in [0, 0.1) is 11.3 Å². The van der Waals surface area contributed by atoms with E-state index >= 15 is 0 Å². The van der Waals surface area contributed by atoms with Crippen molar-refractivity contribution < 1.29 is 13.2 Å². The molecule has 1 aromatic carbocycles. The summed E-state index contributed by atoms with van der Waals surface area (Å²) in [7, 11) is 0. The van der Waals surface area contributed by atoms with Crippen molar-refractivity contribution in [1.82, 2.24) is 9.55 Å². The number of nitriles is 1. The third-order valence-corrected chi connectivity index (χ3v) is 1.95. The van der Waals surface area contributed by atoms with Crippen molar-refractivity contribution in [3.8, 4) is 6.07 Å². The van der Waals surface area contributed by atoms with E-state index in [1.54, 1.807) is 0 Å². The number of fused-ring (bicyclic) bond motifs is 1. The Morgan fingerprint density at radius 3 is 2.67 bits per heavy atom. The van der Waals surface area contributed by atoms with Gasteiger partial charge in [0, 0.05) is 0 Å². The zero-order valence-electron chi connectivity index (χ0n) is 7.28. The van der Waals surface area contributed by atoms with Crippen LogP contribution in [0.4, 0.5) is 13.2 Å². The molecule has 6 heteroatoms. The second-order valence-corrected chi connectivity index (χ2v) is 2.90. The third-order valence-electron chi connectivity index (χ3n) is 1.95. The van der Waals surface area contributed by atoms with Crippen LogP contribution in [0.1, 0.15) is 5.56 Å². The van der Waals surface area contributed by atoms with Crippen LogP contribution in [0.25, 0.3) is 11.0 Å². The number of halogens is 3. The number of alkyl halides is 3. The third kappa shape index (κ3) is 1.52. The van der Waals surface area contributed by atoms with E-state index in [0.717, 1.165) is 0 Å². The number of hydrogen-bond acceptors (Lipinski definition) is 2. The minimum atomic E-state index is -4.48. The van der Waals surface area contributed by atoms with Crippen LogP contribution in [-0.2, 0) is 6.30 Å². The molecule has 0 amide bonds. The largest absolute Gasteiger partial charge is 0.490 e. The van der Waals surface area contributed by atoms with E-state index in [0.29, 0.717) is 6.33 Å². The molecule has 0 unspecified atom stereocenters. The number of nitrogens with zero attached hydrogens (tertiary/aromatic N) is 3. The fraction of sp³-hybridized carbons (Fsp3) is 0.111. The highest BCUT2D eigenvalue weighted by atomic mass is 19.4. The van der Waals surface area contributed by atoms with Crippen molar-refractivity contribution in [2.24, 2.45) is 0 Å². The Kier molecular flexibility index (Phi) is 1.89. The van der Waals surface area contributed by atoms with Gasteiger partial charge in [0.25, 0.3) is 0 Å². The Morgan fingerprint density at radius 2 is 2.07 bits per heavy atom. The molecule has 15 heavy (non-hydrogen) atoms. The first-order valence-electron chi connectivity index (χ1n) is 3.97. The molecule has 76 valence electrons. The summed E-state index contributed by atoms with van der Waals surface area (Å²) in [5.74, 6) is 0. The predicted octanol–water partition coefficient (Wildman–Crippen LogP) is 2.38. The summed E-state index contributed by atoms with van der Waals surface area (Å²) >= 11 is 0. The van der Waals surface area contributed by atoms with Crippen molar-refractivity contribution in [2.45, 2.75) is 6.30 Å². The minimum absolute atomic E-state index is 0.0542. The quantitative estimate of drug-likeness (QED) is 0.671. The van der Waals surface area contributed by atoms with E-state index in [4.69, 9.17) is 5.26 Å². The van der Waals surface area contributed by atoms with Gasteiger partial charge in [0.15, 0.2) is 0 Å². The van der Waals surface area contributed by atoms with Crippen molar-refractivity contribution in [1.29, 1.82) is 5.26 Å². The van der Waals surface area contributed by atoms with Gasteiger partial charge in [-0.1, -0.05) is 0 Å². The van der Waals surface area contributed by atoms with Gasteiger partial charge in [-0.2, -0.15) is 5.26 Å². The fourth-order valence-corrected chi connectivity index (χ4v) is 1.28. The van der Waals surface area contributed by atoms with Gasteiger partial charge in [0.2, 0.25) is 0 Å². The van der Waals surface area contributed by atoms with Gasteiger partial charge in [-0.3, -0.25) is 0 Å². The summed E-state index contributed by atoms with van der Waals surface area (Å²) in [4.78, 5) is 3.59. The first kappa shape index (κ1) is 9.52. The van der Waals surface area contributed by atoms with Crippen LogP contribution in [0.15, 0.2) is 24.5 Å². The Balaban J connectivity index is 2.69. The van der Waals surface area contributed by atoms with E-state index in [1.165, 1.54) is 18.2 Å². The minimum Gasteiger partial charge on any atom is -0.241 e. The number of rotatable bonds is 0. The molecule has 0 saturated heterocycles. The van der Waals surface area contributed by atoms with Crippen LogP contribution >= 0.6 is 0 Å². The maximum atomic E-state index is 12.4. The average Bonchev–Trinajstić information content (AvgIpc) is 2.59. The normalized spacial score (nSPS) is 11.6. The van der Waals surface area contributed by atoms with Crippen molar-refractivity contribution >= 4 is 11.0 Å². The van der Waals surface area contributed by atoms with Crippen molar-refractivity contribution in [2.75, 3.05) is 0 Å². The Bertz CT molecular complexity index is 548. The number of imidazole rings is 1.